The first-order chi connectivity index (χ1) is 8.77. The van der Waals surface area contributed by atoms with E-state index in [-0.39, 0.29) is 11.5 Å². The molecular formula is C15H22NO2+. The van der Waals surface area contributed by atoms with E-state index in [0.717, 1.165) is 11.1 Å². The Morgan fingerprint density at radius 2 is 1.28 bits per heavy atom. The van der Waals surface area contributed by atoms with Crippen LogP contribution in [0.2, 0.25) is 0 Å². The summed E-state index contributed by atoms with van der Waals surface area (Å²) in [5.74, 6) is -0.202. The zero-order chi connectivity index (χ0) is 14.0. The summed E-state index contributed by atoms with van der Waals surface area (Å²) in [4.78, 5) is 2.92. The van der Waals surface area contributed by atoms with Gasteiger partial charge in [0.2, 0.25) is 0 Å². The van der Waals surface area contributed by atoms with Gasteiger partial charge >= 0.3 is 0 Å². The van der Waals surface area contributed by atoms with Gasteiger partial charge in [-0.15, -0.1) is 0 Å². The average molecular weight is 248 g/mol. The number of aromatic hydroxyl groups is 2. The molecule has 2 aromatic rings. The predicted molar refractivity (Wildman–Crippen MR) is 74.5 cm³/mol. The van der Waals surface area contributed by atoms with Crippen molar-refractivity contribution >= 4 is 0 Å². The molecule has 1 aromatic heterocycles. The van der Waals surface area contributed by atoms with Crippen molar-refractivity contribution < 1.29 is 15.2 Å². The van der Waals surface area contributed by atoms with E-state index >= 15 is 0 Å². The maximum Gasteiger partial charge on any atom is 0.167 e. The Morgan fingerprint density at radius 1 is 0.722 bits per heavy atom. The summed E-state index contributed by atoms with van der Waals surface area (Å²) in [6, 6.07) is 8.55. The summed E-state index contributed by atoms with van der Waals surface area (Å²) in [6.45, 7) is 8.00. The van der Waals surface area contributed by atoms with Crippen molar-refractivity contribution in [1.82, 2.24) is 0 Å². The number of benzene rings is 1. The van der Waals surface area contributed by atoms with Crippen molar-refractivity contribution in [2.75, 3.05) is 0 Å². The summed E-state index contributed by atoms with van der Waals surface area (Å²) in [5, 5.41) is 18.4. The molecule has 0 unspecified atom stereocenters. The van der Waals surface area contributed by atoms with Crippen LogP contribution in [0.5, 0.6) is 11.5 Å². The van der Waals surface area contributed by atoms with E-state index in [9.17, 15) is 5.11 Å². The Morgan fingerprint density at radius 3 is 1.78 bits per heavy atom. The number of hydrogen-bond acceptors (Lipinski definition) is 2. The van der Waals surface area contributed by atoms with Crippen molar-refractivity contribution in [1.29, 1.82) is 0 Å². The lowest BCUT2D eigenvalue weighted by atomic mass is 10.1. The van der Waals surface area contributed by atoms with Gasteiger partial charge in [0.05, 0.1) is 0 Å². The minimum absolute atomic E-state index is 0.101. The lowest BCUT2D eigenvalue weighted by Gasteiger charge is -2.01. The lowest BCUT2D eigenvalue weighted by Crippen LogP contribution is -1.96. The van der Waals surface area contributed by atoms with Crippen molar-refractivity contribution in [2.24, 2.45) is 0 Å². The highest BCUT2D eigenvalue weighted by Crippen LogP contribution is 2.29. The molecule has 98 valence electrons. The molecule has 0 aliphatic rings. The average Bonchev–Trinajstić information content (AvgIpc) is 2.47. The fraction of sp³-hybridized carbons (Fsp3) is 0.267. The van der Waals surface area contributed by atoms with Crippen LogP contribution < -0.4 is 4.98 Å². The number of H-pyrrole nitrogens is 1. The van der Waals surface area contributed by atoms with E-state index in [1.165, 1.54) is 12.1 Å². The topological polar surface area (TPSA) is 54.6 Å². The van der Waals surface area contributed by atoms with Crippen LogP contribution in [0.15, 0.2) is 42.7 Å². The Bertz CT molecular complexity index is 442. The first-order valence-corrected chi connectivity index (χ1v) is 6.26. The third-order valence-electron chi connectivity index (χ3n) is 2.03. The van der Waals surface area contributed by atoms with Crippen LogP contribution in [-0.4, -0.2) is 10.2 Å². The van der Waals surface area contributed by atoms with Gasteiger partial charge in [-0.2, -0.15) is 0 Å². The molecule has 18 heavy (non-hydrogen) atoms. The third-order valence-corrected chi connectivity index (χ3v) is 2.03. The summed E-state index contributed by atoms with van der Waals surface area (Å²) in [6.07, 6.45) is 3.61. The highest BCUT2D eigenvalue weighted by molar-refractivity contribution is 5.65. The number of pyridine rings is 1. The zero-order valence-corrected chi connectivity index (χ0v) is 11.4. The molecule has 0 spiro atoms. The molecule has 3 nitrogen and oxygen atoms in total. The van der Waals surface area contributed by atoms with Crippen LogP contribution in [0, 0.1) is 0 Å². The van der Waals surface area contributed by atoms with Gasteiger partial charge in [-0.05, 0) is 23.3 Å². The van der Waals surface area contributed by atoms with Gasteiger partial charge in [0, 0.05) is 12.1 Å². The Hall–Kier alpha value is -2.03. The maximum absolute atomic E-state index is 9.30. The summed E-state index contributed by atoms with van der Waals surface area (Å²) < 4.78 is 0. The van der Waals surface area contributed by atoms with Crippen LogP contribution in [0.4, 0.5) is 0 Å². The van der Waals surface area contributed by atoms with E-state index in [1.54, 1.807) is 18.5 Å². The lowest BCUT2D eigenvalue weighted by molar-refractivity contribution is -0.377. The Balaban J connectivity index is 0.000000659. The molecule has 0 aliphatic heterocycles. The molecule has 3 N–H and O–H groups in total. The van der Waals surface area contributed by atoms with Gasteiger partial charge in [0.1, 0.15) is 0 Å². The highest BCUT2D eigenvalue weighted by Gasteiger charge is 2.02. The smallest absolute Gasteiger partial charge is 0.167 e. The summed E-state index contributed by atoms with van der Waals surface area (Å²) >= 11 is 0. The van der Waals surface area contributed by atoms with Crippen molar-refractivity contribution in [3.63, 3.8) is 0 Å². The number of aromatic nitrogens is 1. The van der Waals surface area contributed by atoms with E-state index in [2.05, 4.69) is 4.98 Å². The molecule has 3 heteroatoms. The standard InChI is InChI=1S/C11H9NO2.2C2H6/c13-10-2-1-9(7-11(10)14)8-3-5-12-6-4-8;2*1-2/h1-7,13-14H;2*1-2H3/p+1. The quantitative estimate of drug-likeness (QED) is 0.757. The molecule has 0 radical (unpaired) electrons. The number of rotatable bonds is 1. The predicted octanol–water partition coefficient (Wildman–Crippen LogP) is 3.63. The second kappa shape index (κ2) is 9.05. The molecule has 0 bridgehead atoms. The molecule has 0 amide bonds. The van der Waals surface area contributed by atoms with Gasteiger partial charge in [-0.25, -0.2) is 4.98 Å². The first-order valence-electron chi connectivity index (χ1n) is 6.26. The van der Waals surface area contributed by atoms with Gasteiger partial charge in [-0.3, -0.25) is 0 Å². The molecule has 0 saturated heterocycles. The maximum atomic E-state index is 9.30. The minimum atomic E-state index is -0.102. The fourth-order valence-electron chi connectivity index (χ4n) is 1.28. The van der Waals surface area contributed by atoms with E-state index in [4.69, 9.17) is 5.11 Å². The number of phenolic OH excluding ortho intramolecular Hbond substituents is 2. The summed E-state index contributed by atoms with van der Waals surface area (Å²) in [5.41, 5.74) is 1.85. The fourth-order valence-corrected chi connectivity index (χ4v) is 1.28. The van der Waals surface area contributed by atoms with Crippen LogP contribution in [-0.2, 0) is 0 Å². The second-order valence-electron chi connectivity index (χ2n) is 2.99. The normalized spacial score (nSPS) is 8.44. The number of phenols is 2. The Kier molecular flexibility index (Phi) is 8.03. The summed E-state index contributed by atoms with van der Waals surface area (Å²) in [7, 11) is 0. The van der Waals surface area contributed by atoms with E-state index < -0.39 is 0 Å². The number of hydrogen-bond donors (Lipinski definition) is 2. The van der Waals surface area contributed by atoms with Crippen molar-refractivity contribution in [3.05, 3.63) is 42.7 Å². The van der Waals surface area contributed by atoms with E-state index in [1.807, 2.05) is 39.8 Å². The zero-order valence-electron chi connectivity index (χ0n) is 11.4. The largest absolute Gasteiger partial charge is 0.504 e. The van der Waals surface area contributed by atoms with Crippen LogP contribution in [0.3, 0.4) is 0 Å². The van der Waals surface area contributed by atoms with Gasteiger partial charge < -0.3 is 10.2 Å². The monoisotopic (exact) mass is 248 g/mol. The number of aromatic amines is 1. The van der Waals surface area contributed by atoms with Crippen LogP contribution >= 0.6 is 0 Å². The van der Waals surface area contributed by atoms with Crippen molar-refractivity contribution in [2.45, 2.75) is 27.7 Å². The van der Waals surface area contributed by atoms with Gasteiger partial charge in [0.25, 0.3) is 0 Å². The van der Waals surface area contributed by atoms with Crippen LogP contribution in [0.25, 0.3) is 11.1 Å². The molecule has 1 aromatic carbocycles. The first kappa shape index (κ1) is 16.0. The van der Waals surface area contributed by atoms with Crippen LogP contribution in [0.1, 0.15) is 27.7 Å². The molecular weight excluding hydrogens is 226 g/mol. The van der Waals surface area contributed by atoms with Crippen molar-refractivity contribution in [3.8, 4) is 22.6 Å². The number of nitrogens with one attached hydrogen (secondary N) is 1. The minimum Gasteiger partial charge on any atom is -0.504 e. The molecule has 0 aliphatic carbocycles. The third kappa shape index (κ3) is 4.45. The van der Waals surface area contributed by atoms with Gasteiger partial charge in [0.15, 0.2) is 23.9 Å². The Labute approximate surface area is 109 Å². The second-order valence-corrected chi connectivity index (χ2v) is 2.99. The molecule has 0 saturated carbocycles. The highest BCUT2D eigenvalue weighted by atomic mass is 16.3. The molecule has 2 rings (SSSR count). The SMILES string of the molecule is CC.CC.Oc1ccc(-c2cc[nH+]cc2)cc1O. The van der Waals surface area contributed by atoms with E-state index in [0.29, 0.717) is 0 Å². The molecule has 0 fully saturated rings. The molecule has 0 atom stereocenters. The molecule has 1 heterocycles. The van der Waals surface area contributed by atoms with Gasteiger partial charge in [-0.1, -0.05) is 33.8 Å².